The number of unbranched alkanes of at least 4 members (excludes halogenated alkanes) is 12. The first-order chi connectivity index (χ1) is 26.5. The summed E-state index contributed by atoms with van der Waals surface area (Å²) in [5, 5.41) is 0. The molecule has 318 valence electrons. The highest BCUT2D eigenvalue weighted by Gasteiger charge is 2.36. The van der Waals surface area contributed by atoms with E-state index in [1.54, 1.807) is 0 Å². The number of phosphoric acid groups is 1. The number of phosphoric ester groups is 1. The summed E-state index contributed by atoms with van der Waals surface area (Å²) in [5.74, 6) is -0.883. The second-order valence-electron chi connectivity index (χ2n) is 15.8. The van der Waals surface area contributed by atoms with Crippen LogP contribution < -0.4 is 0 Å². The Bertz CT molecular complexity index is 1150. The molecule has 1 fully saturated rings. The Morgan fingerprint density at radius 1 is 0.673 bits per heavy atom. The third-order valence-electron chi connectivity index (χ3n) is 9.26. The Hall–Kier alpha value is -2.07. The molecule has 0 amide bonds. The molecule has 11 heteroatoms. The van der Waals surface area contributed by atoms with Crippen LogP contribution in [-0.4, -0.2) is 87.1 Å². The van der Waals surface area contributed by atoms with Crippen LogP contribution in [-0.2, 0) is 37.4 Å². The van der Waals surface area contributed by atoms with Crippen LogP contribution in [0, 0.1) is 0 Å². The number of quaternary nitrogens is 1. The van der Waals surface area contributed by atoms with Crippen molar-refractivity contribution in [2.24, 2.45) is 0 Å². The van der Waals surface area contributed by atoms with E-state index in [9.17, 15) is 19.0 Å². The average Bonchev–Trinajstić information content (AvgIpc) is 3.89. The van der Waals surface area contributed by atoms with Crippen LogP contribution in [0.3, 0.4) is 0 Å². The van der Waals surface area contributed by atoms with Crippen molar-refractivity contribution in [1.82, 2.24) is 0 Å². The first-order valence-electron chi connectivity index (χ1n) is 21.5. The quantitative estimate of drug-likeness (QED) is 0.0163. The van der Waals surface area contributed by atoms with Crippen molar-refractivity contribution >= 4 is 19.8 Å². The largest absolute Gasteiger partial charge is 0.472 e. The summed E-state index contributed by atoms with van der Waals surface area (Å²) in [6.45, 7) is 4.28. The third kappa shape index (κ3) is 33.8. The first kappa shape index (κ1) is 50.9. The van der Waals surface area contributed by atoms with E-state index in [0.717, 1.165) is 57.8 Å². The number of allylic oxidation sites excluding steroid dienone is 7. The maximum absolute atomic E-state index is 12.7. The molecule has 0 aromatic carbocycles. The fraction of sp³-hybridized carbons (Fsp3) is 0.773. The van der Waals surface area contributed by atoms with Gasteiger partial charge in [-0.25, -0.2) is 4.57 Å². The zero-order chi connectivity index (χ0) is 40.5. The summed E-state index contributed by atoms with van der Waals surface area (Å²) in [5.41, 5.74) is 0. The molecule has 0 aromatic rings. The van der Waals surface area contributed by atoms with E-state index >= 15 is 0 Å². The van der Waals surface area contributed by atoms with Crippen LogP contribution in [0.5, 0.6) is 0 Å². The van der Waals surface area contributed by atoms with Crippen LogP contribution >= 0.6 is 7.82 Å². The van der Waals surface area contributed by atoms with Crippen LogP contribution in [0.1, 0.15) is 155 Å². The van der Waals surface area contributed by atoms with E-state index in [1.807, 2.05) is 21.1 Å². The summed E-state index contributed by atoms with van der Waals surface area (Å²) in [6, 6.07) is 0. The molecular weight excluding hydrogens is 717 g/mol. The SMILES string of the molecule is CCCCCC/C=C\CCCCCCCC(=O)O[C@H](COC(=O)CCC/C=C\C/C=C\C/C=C\CC1OC1CCCCC)COP(=O)(O)OCC[N+](C)(C)C. The Kier molecular flexibility index (Phi) is 30.5. The van der Waals surface area contributed by atoms with Crippen molar-refractivity contribution in [3.63, 3.8) is 0 Å². The maximum Gasteiger partial charge on any atom is 0.472 e. The summed E-state index contributed by atoms with van der Waals surface area (Å²) in [4.78, 5) is 35.3. The molecule has 1 N–H and O–H groups in total. The minimum Gasteiger partial charge on any atom is -0.462 e. The van der Waals surface area contributed by atoms with Crippen LogP contribution in [0.15, 0.2) is 48.6 Å². The van der Waals surface area contributed by atoms with Gasteiger partial charge < -0.3 is 23.6 Å². The maximum atomic E-state index is 12.7. The van der Waals surface area contributed by atoms with Crippen LogP contribution in [0.2, 0.25) is 0 Å². The molecule has 0 saturated carbocycles. The third-order valence-corrected chi connectivity index (χ3v) is 10.2. The smallest absolute Gasteiger partial charge is 0.462 e. The zero-order valence-electron chi connectivity index (χ0n) is 35.3. The molecule has 1 rings (SSSR count). The monoisotopic (exact) mass is 797 g/mol. The van der Waals surface area contributed by atoms with Gasteiger partial charge in [0.2, 0.25) is 0 Å². The fourth-order valence-electron chi connectivity index (χ4n) is 5.74. The molecule has 1 saturated heterocycles. The second-order valence-corrected chi connectivity index (χ2v) is 17.2. The van der Waals surface area contributed by atoms with Gasteiger partial charge >= 0.3 is 19.8 Å². The van der Waals surface area contributed by atoms with Gasteiger partial charge in [-0.2, -0.15) is 0 Å². The highest BCUT2D eigenvalue weighted by molar-refractivity contribution is 7.47. The van der Waals surface area contributed by atoms with Gasteiger partial charge in [-0.05, 0) is 70.6 Å². The van der Waals surface area contributed by atoms with Gasteiger partial charge in [-0.15, -0.1) is 0 Å². The molecule has 1 heterocycles. The van der Waals surface area contributed by atoms with E-state index in [1.165, 1.54) is 57.8 Å². The molecule has 1 aliphatic heterocycles. The number of likely N-dealkylation sites (N-methyl/N-ethyl adjacent to an activating group) is 1. The number of hydrogen-bond donors (Lipinski definition) is 1. The summed E-state index contributed by atoms with van der Waals surface area (Å²) < 4.78 is 39.9. The number of ether oxygens (including phenoxy) is 3. The first-order valence-corrected chi connectivity index (χ1v) is 23.0. The predicted octanol–water partition coefficient (Wildman–Crippen LogP) is 10.9. The summed E-state index contributed by atoms with van der Waals surface area (Å²) >= 11 is 0. The molecule has 0 radical (unpaired) electrons. The lowest BCUT2D eigenvalue weighted by atomic mass is 10.1. The number of rotatable bonds is 37. The Morgan fingerprint density at radius 2 is 1.24 bits per heavy atom. The van der Waals surface area contributed by atoms with Gasteiger partial charge in [0.05, 0.1) is 40.0 Å². The van der Waals surface area contributed by atoms with E-state index in [4.69, 9.17) is 23.3 Å². The molecule has 3 unspecified atom stereocenters. The van der Waals surface area contributed by atoms with Crippen molar-refractivity contribution in [2.45, 2.75) is 173 Å². The molecule has 0 aliphatic carbocycles. The van der Waals surface area contributed by atoms with E-state index in [-0.39, 0.29) is 26.1 Å². The number of hydrogen-bond acceptors (Lipinski definition) is 8. The average molecular weight is 797 g/mol. The molecule has 0 bridgehead atoms. The number of carbonyl (C=O) groups is 2. The molecule has 4 atom stereocenters. The van der Waals surface area contributed by atoms with Crippen molar-refractivity contribution < 1.29 is 46.8 Å². The minimum absolute atomic E-state index is 0.0182. The Labute approximate surface area is 335 Å². The lowest BCUT2D eigenvalue weighted by Crippen LogP contribution is -2.37. The van der Waals surface area contributed by atoms with Gasteiger partial charge in [0.1, 0.15) is 19.8 Å². The van der Waals surface area contributed by atoms with E-state index in [0.29, 0.717) is 36.1 Å². The van der Waals surface area contributed by atoms with Crippen LogP contribution in [0.25, 0.3) is 0 Å². The normalized spacial score (nSPS) is 17.8. The molecule has 1 aliphatic rings. The van der Waals surface area contributed by atoms with Gasteiger partial charge in [0, 0.05) is 12.8 Å². The van der Waals surface area contributed by atoms with Crippen molar-refractivity contribution in [3.8, 4) is 0 Å². The van der Waals surface area contributed by atoms with Crippen LogP contribution in [0.4, 0.5) is 0 Å². The Balaban J connectivity index is 2.33. The van der Waals surface area contributed by atoms with E-state index < -0.39 is 32.5 Å². The second kappa shape index (κ2) is 33.0. The van der Waals surface area contributed by atoms with Gasteiger partial charge in [-0.1, -0.05) is 120 Å². The summed E-state index contributed by atoms with van der Waals surface area (Å²) in [7, 11) is 1.43. The van der Waals surface area contributed by atoms with Crippen molar-refractivity contribution in [3.05, 3.63) is 48.6 Å². The highest BCUT2D eigenvalue weighted by atomic mass is 31.2. The lowest BCUT2D eigenvalue weighted by molar-refractivity contribution is -0.870. The van der Waals surface area contributed by atoms with Gasteiger partial charge in [0.15, 0.2) is 6.10 Å². The highest BCUT2D eigenvalue weighted by Crippen LogP contribution is 2.43. The predicted molar refractivity (Wildman–Crippen MR) is 224 cm³/mol. The molecule has 55 heavy (non-hydrogen) atoms. The number of esters is 2. The molecule has 0 spiro atoms. The zero-order valence-corrected chi connectivity index (χ0v) is 36.2. The Morgan fingerprint density at radius 3 is 1.93 bits per heavy atom. The fourth-order valence-corrected chi connectivity index (χ4v) is 6.48. The molecular formula is C44H79NO9P+. The standard InChI is InChI=1S/C44H78NO9P/c1-6-8-10-11-12-13-14-15-16-21-24-27-31-35-44(47)53-40(39-52-55(48,49)51-37-36-45(3,4)5)38-50-43(46)34-30-26-23-20-18-17-19-22-25-29-33-42-41(54-42)32-28-9-7-2/h13-14,17,19-20,23,25,29,40-42H,6-12,15-16,18,21-22,24,26-28,30-39H2,1-5H3/p+1/b14-13-,19-17-,23-20-,29-25-/t40-,41?,42?/m1/s1. The summed E-state index contributed by atoms with van der Waals surface area (Å²) in [6.07, 6.45) is 39.1. The lowest BCUT2D eigenvalue weighted by Gasteiger charge is -2.24. The topological polar surface area (TPSA) is 121 Å². The molecule has 0 aromatic heterocycles. The van der Waals surface area contributed by atoms with Crippen molar-refractivity contribution in [2.75, 3.05) is 47.5 Å². The van der Waals surface area contributed by atoms with E-state index in [2.05, 4.69) is 62.5 Å². The number of carbonyl (C=O) groups excluding carboxylic acids is 2. The number of epoxide rings is 1. The van der Waals surface area contributed by atoms with Crippen molar-refractivity contribution in [1.29, 1.82) is 0 Å². The van der Waals surface area contributed by atoms with Gasteiger partial charge in [-0.3, -0.25) is 18.6 Å². The number of nitrogens with zero attached hydrogens (tertiary/aromatic N) is 1. The molecule has 10 nitrogen and oxygen atoms in total. The van der Waals surface area contributed by atoms with Gasteiger partial charge in [0.25, 0.3) is 0 Å². The minimum atomic E-state index is -4.39.